The standard InChI is InChI=1S/C20H36BFN3/c1-7-17(24-20-10-9-16(5)11-19(20)22)12-18(13-23-15(3)4)25(8-2)14-21-6/h11,17-18,23-24H,3,7-10,12-14H2,1-2,4-6H3. The van der Waals surface area contributed by atoms with Crippen molar-refractivity contribution >= 4 is 7.28 Å². The molecule has 2 N–H and O–H groups in total. The molecule has 1 radical (unpaired) electrons. The van der Waals surface area contributed by atoms with Crippen molar-refractivity contribution in [3.8, 4) is 0 Å². The third kappa shape index (κ3) is 7.68. The van der Waals surface area contributed by atoms with E-state index in [4.69, 9.17) is 0 Å². The van der Waals surface area contributed by atoms with Gasteiger partial charge in [0, 0.05) is 30.0 Å². The molecule has 0 aromatic heterocycles. The molecule has 0 aliphatic heterocycles. The van der Waals surface area contributed by atoms with Gasteiger partial charge in [-0.05, 0) is 58.6 Å². The summed E-state index contributed by atoms with van der Waals surface area (Å²) in [5, 5.41) is 6.88. The van der Waals surface area contributed by atoms with Crippen molar-refractivity contribution in [3.63, 3.8) is 0 Å². The van der Waals surface area contributed by atoms with E-state index in [0.717, 1.165) is 62.2 Å². The Bertz CT molecular complexity index is 487. The molecule has 0 saturated heterocycles. The number of likely N-dealkylation sites (N-methyl/N-ethyl adjacent to an activating group) is 1. The second-order valence-corrected chi connectivity index (χ2v) is 7.11. The second-order valence-electron chi connectivity index (χ2n) is 7.11. The summed E-state index contributed by atoms with van der Waals surface area (Å²) in [5.74, 6) is -0.0898. The number of rotatable bonds is 12. The Balaban J connectivity index is 2.79. The third-order valence-corrected chi connectivity index (χ3v) is 4.84. The molecule has 1 aliphatic carbocycles. The number of nitrogens with one attached hydrogen (secondary N) is 2. The van der Waals surface area contributed by atoms with E-state index in [9.17, 15) is 4.39 Å². The first-order chi connectivity index (χ1) is 11.9. The molecular formula is C20H36BFN3. The molecule has 25 heavy (non-hydrogen) atoms. The predicted molar refractivity (Wildman–Crippen MR) is 108 cm³/mol. The minimum Gasteiger partial charge on any atom is -0.387 e. The quantitative estimate of drug-likeness (QED) is 0.518. The van der Waals surface area contributed by atoms with Crippen LogP contribution < -0.4 is 10.6 Å². The molecule has 0 aromatic carbocycles. The molecule has 141 valence electrons. The van der Waals surface area contributed by atoms with Crippen LogP contribution in [0.25, 0.3) is 0 Å². The molecule has 1 rings (SSSR count). The van der Waals surface area contributed by atoms with E-state index in [2.05, 4.69) is 50.1 Å². The summed E-state index contributed by atoms with van der Waals surface area (Å²) in [6, 6.07) is 0.662. The van der Waals surface area contributed by atoms with Crippen LogP contribution in [0.4, 0.5) is 4.39 Å². The van der Waals surface area contributed by atoms with Crippen LogP contribution in [0, 0.1) is 0 Å². The van der Waals surface area contributed by atoms with Gasteiger partial charge < -0.3 is 15.5 Å². The first-order valence-corrected chi connectivity index (χ1v) is 9.64. The molecule has 5 heteroatoms. The van der Waals surface area contributed by atoms with E-state index in [1.807, 2.05) is 13.8 Å². The van der Waals surface area contributed by atoms with E-state index >= 15 is 0 Å². The number of hydrogen-bond donors (Lipinski definition) is 2. The molecule has 0 bridgehead atoms. The van der Waals surface area contributed by atoms with Gasteiger partial charge in [-0.2, -0.15) is 0 Å². The van der Waals surface area contributed by atoms with Crippen LogP contribution in [0.3, 0.4) is 0 Å². The van der Waals surface area contributed by atoms with Gasteiger partial charge in [0.25, 0.3) is 0 Å². The lowest BCUT2D eigenvalue weighted by molar-refractivity contribution is 0.207. The molecule has 3 nitrogen and oxygen atoms in total. The summed E-state index contributed by atoms with van der Waals surface area (Å²) in [7, 11) is 2.20. The molecule has 0 aromatic rings. The summed E-state index contributed by atoms with van der Waals surface area (Å²) in [4.78, 5) is 2.47. The number of nitrogens with zero attached hydrogens (tertiary/aromatic N) is 1. The highest BCUT2D eigenvalue weighted by atomic mass is 19.1. The SMILES string of the molecule is C=C(C)NCC(CC(CC)NC1=C(F)C=C(C)CC1)N(CC)C[B]C. The van der Waals surface area contributed by atoms with Crippen LogP contribution in [0.5, 0.6) is 0 Å². The lowest BCUT2D eigenvalue weighted by Crippen LogP contribution is -2.47. The summed E-state index contributed by atoms with van der Waals surface area (Å²) in [6.45, 7) is 16.3. The van der Waals surface area contributed by atoms with Crippen molar-refractivity contribution in [2.75, 3.05) is 19.5 Å². The van der Waals surface area contributed by atoms with Crippen molar-refractivity contribution in [2.24, 2.45) is 0 Å². The minimum absolute atomic E-state index is 0.0898. The zero-order valence-corrected chi connectivity index (χ0v) is 16.8. The fourth-order valence-electron chi connectivity index (χ4n) is 3.29. The van der Waals surface area contributed by atoms with E-state index in [0.29, 0.717) is 6.04 Å². The van der Waals surface area contributed by atoms with Gasteiger partial charge in [-0.1, -0.05) is 32.8 Å². The van der Waals surface area contributed by atoms with Crippen LogP contribution in [0.1, 0.15) is 53.4 Å². The van der Waals surface area contributed by atoms with Crippen LogP contribution in [0.15, 0.2) is 35.4 Å². The highest BCUT2D eigenvalue weighted by molar-refractivity contribution is 6.33. The first-order valence-electron chi connectivity index (χ1n) is 9.64. The van der Waals surface area contributed by atoms with Crippen molar-refractivity contribution < 1.29 is 4.39 Å². The van der Waals surface area contributed by atoms with Gasteiger partial charge in [-0.3, -0.25) is 0 Å². The van der Waals surface area contributed by atoms with Crippen LogP contribution in [-0.4, -0.2) is 43.8 Å². The van der Waals surface area contributed by atoms with E-state index in [1.54, 1.807) is 6.08 Å². The maximum Gasteiger partial charge on any atom is 0.142 e. The van der Waals surface area contributed by atoms with Crippen molar-refractivity contribution in [1.82, 2.24) is 15.5 Å². The van der Waals surface area contributed by atoms with Gasteiger partial charge in [-0.25, -0.2) is 4.39 Å². The topological polar surface area (TPSA) is 27.3 Å². The zero-order chi connectivity index (χ0) is 18.8. The first kappa shape index (κ1) is 21.8. The zero-order valence-electron chi connectivity index (χ0n) is 16.8. The molecule has 0 amide bonds. The van der Waals surface area contributed by atoms with Crippen molar-refractivity contribution in [1.29, 1.82) is 0 Å². The largest absolute Gasteiger partial charge is 0.387 e. The normalized spacial score (nSPS) is 17.2. The van der Waals surface area contributed by atoms with Gasteiger partial charge in [0.15, 0.2) is 0 Å². The maximum atomic E-state index is 14.2. The van der Waals surface area contributed by atoms with Crippen LogP contribution in [-0.2, 0) is 0 Å². The number of halogens is 1. The summed E-state index contributed by atoms with van der Waals surface area (Å²) >= 11 is 0. The van der Waals surface area contributed by atoms with Gasteiger partial charge >= 0.3 is 0 Å². The highest BCUT2D eigenvalue weighted by Gasteiger charge is 2.22. The molecule has 0 saturated carbocycles. The van der Waals surface area contributed by atoms with Gasteiger partial charge in [-0.15, -0.1) is 0 Å². The fraction of sp³-hybridized carbons (Fsp3) is 0.700. The predicted octanol–water partition coefficient (Wildman–Crippen LogP) is 4.19. The molecule has 1 aliphatic rings. The molecular weight excluding hydrogens is 312 g/mol. The summed E-state index contributed by atoms with van der Waals surface area (Å²) in [6.07, 6.45) is 6.32. The van der Waals surface area contributed by atoms with Gasteiger partial charge in [0.1, 0.15) is 13.1 Å². The Labute approximate surface area is 155 Å². The third-order valence-electron chi connectivity index (χ3n) is 4.84. The highest BCUT2D eigenvalue weighted by Crippen LogP contribution is 2.24. The number of hydrogen-bond acceptors (Lipinski definition) is 3. The van der Waals surface area contributed by atoms with Crippen LogP contribution in [0.2, 0.25) is 6.82 Å². The number of allylic oxidation sites excluding steroid dienone is 5. The van der Waals surface area contributed by atoms with E-state index in [-0.39, 0.29) is 11.9 Å². The lowest BCUT2D eigenvalue weighted by Gasteiger charge is -2.34. The molecule has 0 heterocycles. The smallest absolute Gasteiger partial charge is 0.142 e. The Morgan fingerprint density at radius 2 is 2.12 bits per heavy atom. The average Bonchev–Trinajstić information content (AvgIpc) is 2.57. The minimum atomic E-state index is -0.0898. The molecule has 2 unspecified atom stereocenters. The van der Waals surface area contributed by atoms with E-state index in [1.165, 1.54) is 0 Å². The second kappa shape index (κ2) is 11.4. The lowest BCUT2D eigenvalue weighted by atomic mass is 9.81. The fourth-order valence-corrected chi connectivity index (χ4v) is 3.29. The van der Waals surface area contributed by atoms with Crippen molar-refractivity contribution in [2.45, 2.75) is 72.3 Å². The van der Waals surface area contributed by atoms with Crippen molar-refractivity contribution in [3.05, 3.63) is 35.4 Å². The maximum absolute atomic E-state index is 14.2. The van der Waals surface area contributed by atoms with Crippen LogP contribution >= 0.6 is 0 Å². The average molecular weight is 348 g/mol. The summed E-state index contributed by atoms with van der Waals surface area (Å²) < 4.78 is 14.2. The van der Waals surface area contributed by atoms with Gasteiger partial charge in [0.2, 0.25) is 0 Å². The Kier molecular flexibility index (Phi) is 9.95. The molecule has 0 fully saturated rings. The summed E-state index contributed by atoms with van der Waals surface area (Å²) in [5.41, 5.74) is 2.88. The van der Waals surface area contributed by atoms with Gasteiger partial charge in [0.05, 0.1) is 0 Å². The van der Waals surface area contributed by atoms with E-state index < -0.39 is 0 Å². The molecule has 0 spiro atoms. The monoisotopic (exact) mass is 348 g/mol. The Morgan fingerprint density at radius 1 is 1.40 bits per heavy atom. The molecule has 2 atom stereocenters. The Morgan fingerprint density at radius 3 is 2.64 bits per heavy atom. The Hall–Kier alpha value is -1.23.